The summed E-state index contributed by atoms with van der Waals surface area (Å²) in [6.45, 7) is 3.77. The molecule has 0 aromatic carbocycles. The first kappa shape index (κ1) is 23.5. The summed E-state index contributed by atoms with van der Waals surface area (Å²) in [5, 5.41) is 9.16. The standard InChI is InChI=1S/C9H23NO7P2.Na.H/c1-3-4-5-8(2)10-7-6-9(11,18(12,13)14)19(15,16)17;;/h8,10-11H,3-7H2,1-2H3,(H2,12,13,14)(H2,15,16,17);;. The minimum absolute atomic E-state index is 0. The van der Waals surface area contributed by atoms with Gasteiger partial charge in [-0.15, -0.1) is 0 Å². The van der Waals surface area contributed by atoms with E-state index in [9.17, 15) is 14.2 Å². The van der Waals surface area contributed by atoms with Crippen LogP contribution in [0.4, 0.5) is 0 Å². The molecule has 0 amide bonds. The predicted octanol–water partition coefficient (Wildman–Crippen LogP) is -0.102. The van der Waals surface area contributed by atoms with Gasteiger partial charge in [-0.2, -0.15) is 0 Å². The third-order valence-electron chi connectivity index (χ3n) is 2.88. The molecule has 8 nitrogen and oxygen atoms in total. The summed E-state index contributed by atoms with van der Waals surface area (Å²) in [7, 11) is -10.7. The average molecular weight is 343 g/mol. The quantitative estimate of drug-likeness (QED) is 0.251. The molecule has 118 valence electrons. The summed E-state index contributed by atoms with van der Waals surface area (Å²) in [6.07, 6.45) is 2.08. The molecule has 6 N–H and O–H groups in total. The van der Waals surface area contributed by atoms with Crippen LogP contribution in [0.1, 0.15) is 39.5 Å². The Balaban J connectivity index is 0. The van der Waals surface area contributed by atoms with Crippen LogP contribution in [0, 0.1) is 0 Å². The Kier molecular flexibility index (Phi) is 11.0. The van der Waals surface area contributed by atoms with Crippen molar-refractivity contribution in [3.63, 3.8) is 0 Å². The Morgan fingerprint density at radius 3 is 1.95 bits per heavy atom. The second kappa shape index (κ2) is 9.38. The first-order chi connectivity index (χ1) is 8.45. The molecule has 0 aliphatic carbocycles. The first-order valence-electron chi connectivity index (χ1n) is 6.02. The van der Waals surface area contributed by atoms with Gasteiger partial charge >= 0.3 is 44.7 Å². The van der Waals surface area contributed by atoms with Gasteiger partial charge in [0.15, 0.2) is 0 Å². The maximum atomic E-state index is 11.1. The van der Waals surface area contributed by atoms with Gasteiger partial charge in [0.2, 0.25) is 0 Å². The Labute approximate surface area is 141 Å². The first-order valence-corrected chi connectivity index (χ1v) is 9.25. The molecule has 1 unspecified atom stereocenters. The minimum atomic E-state index is -5.34. The molecule has 0 heterocycles. The van der Waals surface area contributed by atoms with Crippen molar-refractivity contribution in [1.29, 1.82) is 0 Å². The van der Waals surface area contributed by atoms with Crippen molar-refractivity contribution < 1.29 is 33.8 Å². The Morgan fingerprint density at radius 2 is 1.60 bits per heavy atom. The monoisotopic (exact) mass is 343 g/mol. The van der Waals surface area contributed by atoms with Crippen LogP contribution in [0.15, 0.2) is 0 Å². The molecule has 0 aromatic rings. The van der Waals surface area contributed by atoms with Gasteiger partial charge < -0.3 is 30.0 Å². The molecule has 0 fully saturated rings. The van der Waals surface area contributed by atoms with E-state index < -0.39 is 26.7 Å². The fourth-order valence-corrected chi connectivity index (χ4v) is 3.72. The van der Waals surface area contributed by atoms with E-state index >= 15 is 0 Å². The Hall–Kier alpha value is 1.22. The number of hydrogen-bond acceptors (Lipinski definition) is 4. The van der Waals surface area contributed by atoms with Crippen molar-refractivity contribution >= 4 is 44.7 Å². The molecule has 0 radical (unpaired) electrons. The number of unbranched alkanes of at least 4 members (excludes halogenated alkanes) is 1. The fraction of sp³-hybridized carbons (Fsp3) is 1.00. The number of rotatable bonds is 9. The molecule has 1 atom stereocenters. The van der Waals surface area contributed by atoms with Crippen molar-refractivity contribution in [1.82, 2.24) is 5.32 Å². The van der Waals surface area contributed by atoms with Crippen molar-refractivity contribution in [2.75, 3.05) is 6.54 Å². The molecular weight excluding hydrogens is 319 g/mol. The zero-order chi connectivity index (χ0) is 15.3. The van der Waals surface area contributed by atoms with Crippen molar-refractivity contribution in [2.45, 2.75) is 50.7 Å². The molecule has 0 bridgehead atoms. The Morgan fingerprint density at radius 1 is 1.15 bits per heavy atom. The van der Waals surface area contributed by atoms with E-state index in [1.807, 2.05) is 13.8 Å². The second-order valence-corrected chi connectivity index (χ2v) is 8.62. The molecule has 0 aliphatic heterocycles. The summed E-state index contributed by atoms with van der Waals surface area (Å²) >= 11 is 0. The molecule has 0 rings (SSSR count). The van der Waals surface area contributed by atoms with Gasteiger partial charge in [0.1, 0.15) is 0 Å². The topological polar surface area (TPSA) is 147 Å². The summed E-state index contributed by atoms with van der Waals surface area (Å²) in [4.78, 5) is 35.7. The van der Waals surface area contributed by atoms with Crippen LogP contribution < -0.4 is 5.32 Å². The zero-order valence-corrected chi connectivity index (χ0v) is 12.8. The SMILES string of the molecule is CCCCC(C)NCCC(O)(P(=O)(O)O)P(=O)(O)O.[NaH]. The number of nitrogens with one attached hydrogen (secondary N) is 1. The summed E-state index contributed by atoms with van der Waals surface area (Å²) in [5.41, 5.74) is 0. The summed E-state index contributed by atoms with van der Waals surface area (Å²) in [5.74, 6) is 0. The zero-order valence-electron chi connectivity index (χ0n) is 11.1. The molecule has 0 saturated carbocycles. The van der Waals surface area contributed by atoms with Crippen molar-refractivity contribution in [2.24, 2.45) is 0 Å². The Bertz CT molecular complexity index is 347. The van der Waals surface area contributed by atoms with Gasteiger partial charge in [-0.1, -0.05) is 19.8 Å². The summed E-state index contributed by atoms with van der Waals surface area (Å²) < 4.78 is 22.1. The van der Waals surface area contributed by atoms with Crippen LogP contribution in [0.2, 0.25) is 0 Å². The average Bonchev–Trinajstić information content (AvgIpc) is 2.22. The van der Waals surface area contributed by atoms with Crippen LogP contribution in [-0.4, -0.2) is 71.9 Å². The fourth-order valence-electron chi connectivity index (χ4n) is 1.56. The van der Waals surface area contributed by atoms with Gasteiger partial charge in [-0.25, -0.2) is 0 Å². The van der Waals surface area contributed by atoms with Gasteiger partial charge in [0, 0.05) is 12.5 Å². The van der Waals surface area contributed by atoms with E-state index in [4.69, 9.17) is 19.6 Å². The van der Waals surface area contributed by atoms with Crippen LogP contribution >= 0.6 is 15.2 Å². The van der Waals surface area contributed by atoms with E-state index in [-0.39, 0.29) is 42.1 Å². The molecular formula is C9H24NNaO7P2. The van der Waals surface area contributed by atoms with Crippen LogP contribution in [0.3, 0.4) is 0 Å². The third kappa shape index (κ3) is 6.99. The number of aliphatic hydroxyl groups is 1. The van der Waals surface area contributed by atoms with E-state index in [0.29, 0.717) is 0 Å². The molecule has 0 aromatic heterocycles. The molecule has 0 spiro atoms. The van der Waals surface area contributed by atoms with Gasteiger partial charge in [-0.05, 0) is 19.9 Å². The van der Waals surface area contributed by atoms with Gasteiger partial charge in [-0.3, -0.25) is 9.13 Å². The summed E-state index contributed by atoms with van der Waals surface area (Å²) in [6, 6.07) is 0.0396. The van der Waals surface area contributed by atoms with E-state index in [1.54, 1.807) is 0 Å². The van der Waals surface area contributed by atoms with E-state index in [1.165, 1.54) is 0 Å². The van der Waals surface area contributed by atoms with Crippen LogP contribution in [0.5, 0.6) is 0 Å². The third-order valence-corrected chi connectivity index (χ3v) is 6.75. The van der Waals surface area contributed by atoms with Crippen molar-refractivity contribution in [3.8, 4) is 0 Å². The maximum absolute atomic E-state index is 11.1. The van der Waals surface area contributed by atoms with Crippen LogP contribution in [0.25, 0.3) is 0 Å². The molecule has 0 aliphatic rings. The van der Waals surface area contributed by atoms with Gasteiger partial charge in [0.05, 0.1) is 0 Å². The van der Waals surface area contributed by atoms with E-state index in [2.05, 4.69) is 5.32 Å². The molecule has 0 saturated heterocycles. The van der Waals surface area contributed by atoms with Gasteiger partial charge in [0.25, 0.3) is 5.08 Å². The molecule has 20 heavy (non-hydrogen) atoms. The number of hydrogen-bond donors (Lipinski definition) is 6. The van der Waals surface area contributed by atoms with Crippen molar-refractivity contribution in [3.05, 3.63) is 0 Å². The molecule has 11 heteroatoms. The van der Waals surface area contributed by atoms with E-state index in [0.717, 1.165) is 19.3 Å². The predicted molar refractivity (Wildman–Crippen MR) is 77.8 cm³/mol. The second-order valence-electron chi connectivity index (χ2n) is 4.61. The normalized spacial score (nSPS) is 14.8. The van der Waals surface area contributed by atoms with Crippen LogP contribution in [-0.2, 0) is 9.13 Å².